The van der Waals surface area contributed by atoms with Crippen molar-refractivity contribution in [3.05, 3.63) is 53.8 Å². The van der Waals surface area contributed by atoms with Gasteiger partial charge in [-0.15, -0.1) is 0 Å². The number of anilines is 2. The molecule has 150 valence electrons. The van der Waals surface area contributed by atoms with E-state index in [9.17, 15) is 24.2 Å². The fraction of sp³-hybridized carbons (Fsp3) is 0.300. The third-order valence-electron chi connectivity index (χ3n) is 4.13. The molecule has 0 bridgehead atoms. The number of benzene rings is 2. The number of phenols is 1. The Morgan fingerprint density at radius 1 is 1.14 bits per heavy atom. The van der Waals surface area contributed by atoms with Crippen LogP contribution in [0.2, 0.25) is 0 Å². The van der Waals surface area contributed by atoms with Crippen LogP contribution >= 0.6 is 0 Å². The lowest BCUT2D eigenvalue weighted by Crippen LogP contribution is -2.38. The monoisotopic (exact) mass is 389 g/mol. The van der Waals surface area contributed by atoms with Gasteiger partial charge in [0.2, 0.25) is 5.91 Å². The lowest BCUT2D eigenvalue weighted by Gasteiger charge is -2.24. The van der Waals surface area contributed by atoms with Gasteiger partial charge >= 0.3 is 6.03 Å². The van der Waals surface area contributed by atoms with E-state index in [0.717, 1.165) is 6.07 Å². The summed E-state index contributed by atoms with van der Waals surface area (Å²) in [6, 6.07) is 9.41. The van der Waals surface area contributed by atoms with Crippen molar-refractivity contribution in [2.75, 3.05) is 23.7 Å². The van der Waals surface area contributed by atoms with E-state index in [1.807, 2.05) is 0 Å². The average Bonchev–Trinajstić information content (AvgIpc) is 2.68. The van der Waals surface area contributed by atoms with Crippen molar-refractivity contribution in [2.45, 2.75) is 26.4 Å². The molecule has 0 unspecified atom stereocenters. The normalized spacial score (nSPS) is 11.6. The summed E-state index contributed by atoms with van der Waals surface area (Å²) in [5.41, 5.74) is 0.747. The number of aliphatic hydroxyl groups excluding tert-OH is 1. The summed E-state index contributed by atoms with van der Waals surface area (Å²) in [5, 5.41) is 24.9. The molecule has 0 aromatic heterocycles. The molecule has 2 aromatic rings. The van der Waals surface area contributed by atoms with E-state index in [4.69, 9.17) is 0 Å². The van der Waals surface area contributed by atoms with E-state index in [-0.39, 0.29) is 36.9 Å². The number of hydrogen-bond acceptors (Lipinski definition) is 4. The van der Waals surface area contributed by atoms with Crippen LogP contribution in [0.3, 0.4) is 0 Å². The molecule has 0 heterocycles. The van der Waals surface area contributed by atoms with Crippen molar-refractivity contribution in [1.82, 2.24) is 4.90 Å². The molecule has 2 rings (SSSR count). The van der Waals surface area contributed by atoms with Crippen molar-refractivity contribution in [2.24, 2.45) is 0 Å². The number of likely N-dealkylation sites (N-methyl/N-ethyl adjacent to an activating group) is 1. The number of carbonyl (C=O) groups excluding carboxylic acids is 2. The molecule has 28 heavy (non-hydrogen) atoms. The first-order valence-electron chi connectivity index (χ1n) is 8.96. The van der Waals surface area contributed by atoms with Crippen molar-refractivity contribution in [3.8, 4) is 5.75 Å². The molecule has 7 nitrogen and oxygen atoms in total. The van der Waals surface area contributed by atoms with E-state index in [0.29, 0.717) is 11.3 Å². The number of halogens is 1. The van der Waals surface area contributed by atoms with Crippen LogP contribution in [0.1, 0.15) is 31.9 Å². The van der Waals surface area contributed by atoms with Gasteiger partial charge in [0, 0.05) is 18.7 Å². The Kier molecular flexibility index (Phi) is 7.34. The highest BCUT2D eigenvalue weighted by Crippen LogP contribution is 2.22. The van der Waals surface area contributed by atoms with Crippen molar-refractivity contribution < 1.29 is 24.2 Å². The molecule has 8 heteroatoms. The van der Waals surface area contributed by atoms with Crippen LogP contribution in [0, 0.1) is 5.82 Å². The lowest BCUT2D eigenvalue weighted by atomic mass is 10.1. The molecule has 0 fully saturated rings. The molecule has 1 atom stereocenters. The van der Waals surface area contributed by atoms with Gasteiger partial charge in [-0.05, 0) is 42.8 Å². The second-order valence-electron chi connectivity index (χ2n) is 6.18. The number of nitrogens with zero attached hydrogens (tertiary/aromatic N) is 1. The number of amides is 3. The summed E-state index contributed by atoms with van der Waals surface area (Å²) in [5.74, 6) is -0.863. The first-order valence-corrected chi connectivity index (χ1v) is 8.96. The number of carbonyl (C=O) groups is 2. The van der Waals surface area contributed by atoms with Gasteiger partial charge in [0.1, 0.15) is 11.6 Å². The molecule has 0 aliphatic carbocycles. The van der Waals surface area contributed by atoms with Crippen LogP contribution in [-0.4, -0.2) is 40.1 Å². The predicted molar refractivity (Wildman–Crippen MR) is 105 cm³/mol. The van der Waals surface area contributed by atoms with E-state index in [1.54, 1.807) is 26.0 Å². The molecular formula is C20H24FN3O4. The maximum absolute atomic E-state index is 14.1. The van der Waals surface area contributed by atoms with Crippen LogP contribution in [0.4, 0.5) is 20.6 Å². The number of nitrogens with one attached hydrogen (secondary N) is 2. The molecule has 0 spiro atoms. The Bertz CT molecular complexity index is 844. The number of aliphatic hydroxyl groups is 1. The Labute approximate surface area is 162 Å². The fourth-order valence-corrected chi connectivity index (χ4v) is 2.54. The zero-order valence-electron chi connectivity index (χ0n) is 15.8. The predicted octanol–water partition coefficient (Wildman–Crippen LogP) is 3.47. The average molecular weight is 389 g/mol. The summed E-state index contributed by atoms with van der Waals surface area (Å²) >= 11 is 0. The highest BCUT2D eigenvalue weighted by atomic mass is 19.1. The summed E-state index contributed by atoms with van der Waals surface area (Å²) in [6.07, 6.45) is -0.742. The highest BCUT2D eigenvalue weighted by molar-refractivity contribution is 5.93. The first kappa shape index (κ1) is 21.2. The summed E-state index contributed by atoms with van der Waals surface area (Å²) < 4.78 is 14.1. The zero-order chi connectivity index (χ0) is 20.7. The molecule has 0 saturated heterocycles. The minimum Gasteiger partial charge on any atom is -0.508 e. The quantitative estimate of drug-likeness (QED) is 0.582. The largest absolute Gasteiger partial charge is 0.508 e. The third-order valence-corrected chi connectivity index (χ3v) is 4.13. The van der Waals surface area contributed by atoms with Gasteiger partial charge in [-0.1, -0.05) is 19.1 Å². The van der Waals surface area contributed by atoms with Crippen LogP contribution in [0.15, 0.2) is 42.5 Å². The van der Waals surface area contributed by atoms with Gasteiger partial charge in [0.15, 0.2) is 0 Å². The zero-order valence-corrected chi connectivity index (χ0v) is 15.8. The van der Waals surface area contributed by atoms with Gasteiger partial charge in [0.05, 0.1) is 18.3 Å². The van der Waals surface area contributed by atoms with Crippen LogP contribution < -0.4 is 10.6 Å². The van der Waals surface area contributed by atoms with E-state index < -0.39 is 18.0 Å². The Morgan fingerprint density at radius 3 is 2.54 bits per heavy atom. The minimum absolute atomic E-state index is 0.0112. The van der Waals surface area contributed by atoms with E-state index in [1.165, 1.54) is 29.2 Å². The number of urea groups is 1. The van der Waals surface area contributed by atoms with Gasteiger partial charge in [-0.2, -0.15) is 0 Å². The third kappa shape index (κ3) is 5.68. The smallest absolute Gasteiger partial charge is 0.322 e. The standard InChI is InChI=1S/C20H24FN3O4/c1-3-19(27)22-14-8-9-16(21)17(11-14)23-20(28)24(4-2)12-18(26)13-6-5-7-15(25)10-13/h5-11,18,25-26H,3-4,12H2,1-2H3,(H,22,27)(H,23,28)/t18-/m1/s1. The first-order chi connectivity index (χ1) is 13.3. The Morgan fingerprint density at radius 2 is 1.89 bits per heavy atom. The lowest BCUT2D eigenvalue weighted by molar-refractivity contribution is -0.115. The maximum atomic E-state index is 14.1. The second kappa shape index (κ2) is 9.70. The van der Waals surface area contributed by atoms with E-state index >= 15 is 0 Å². The van der Waals surface area contributed by atoms with Crippen molar-refractivity contribution >= 4 is 23.3 Å². The fourth-order valence-electron chi connectivity index (χ4n) is 2.54. The number of aromatic hydroxyl groups is 1. The summed E-state index contributed by atoms with van der Waals surface area (Å²) in [6.45, 7) is 3.65. The maximum Gasteiger partial charge on any atom is 0.322 e. The van der Waals surface area contributed by atoms with E-state index in [2.05, 4.69) is 10.6 Å². The number of rotatable bonds is 7. The van der Waals surface area contributed by atoms with Crippen molar-refractivity contribution in [3.63, 3.8) is 0 Å². The van der Waals surface area contributed by atoms with Crippen molar-refractivity contribution in [1.29, 1.82) is 0 Å². The Balaban J connectivity index is 2.09. The highest BCUT2D eigenvalue weighted by Gasteiger charge is 2.19. The number of phenolic OH excluding ortho intramolecular Hbond substituents is 1. The molecular weight excluding hydrogens is 365 g/mol. The molecule has 0 aliphatic rings. The molecule has 0 saturated carbocycles. The number of hydrogen-bond donors (Lipinski definition) is 4. The SMILES string of the molecule is CCC(=O)Nc1ccc(F)c(NC(=O)N(CC)C[C@@H](O)c2cccc(O)c2)c1. The second-order valence-corrected chi connectivity index (χ2v) is 6.18. The van der Waals surface area contributed by atoms with Gasteiger partial charge in [-0.3, -0.25) is 4.79 Å². The summed E-state index contributed by atoms with van der Waals surface area (Å²) in [4.78, 5) is 25.3. The molecule has 2 aromatic carbocycles. The van der Waals surface area contributed by atoms with Gasteiger partial charge in [0.25, 0.3) is 0 Å². The molecule has 0 aliphatic heterocycles. The molecule has 0 radical (unpaired) electrons. The van der Waals surface area contributed by atoms with Crippen LogP contribution in [0.5, 0.6) is 5.75 Å². The molecule has 3 amide bonds. The summed E-state index contributed by atoms with van der Waals surface area (Å²) in [7, 11) is 0. The van der Waals surface area contributed by atoms with Gasteiger partial charge in [-0.25, -0.2) is 9.18 Å². The van der Waals surface area contributed by atoms with Crippen LogP contribution in [-0.2, 0) is 4.79 Å². The van der Waals surface area contributed by atoms with Crippen LogP contribution in [0.25, 0.3) is 0 Å². The molecule has 4 N–H and O–H groups in total. The van der Waals surface area contributed by atoms with Gasteiger partial charge < -0.3 is 25.7 Å². The topological polar surface area (TPSA) is 102 Å². The minimum atomic E-state index is -1.02. The Hall–Kier alpha value is -3.13.